The lowest BCUT2D eigenvalue weighted by Crippen LogP contribution is -2.35. The third-order valence-electron chi connectivity index (χ3n) is 5.10. The molecule has 4 aromatic rings. The van der Waals surface area contributed by atoms with Crippen LogP contribution in [0, 0.1) is 0 Å². The number of piperidine rings is 1. The molecule has 0 saturated carbocycles. The Balaban J connectivity index is 1.58. The maximum atomic E-state index is 6.16. The van der Waals surface area contributed by atoms with Crippen molar-refractivity contribution in [3.63, 3.8) is 0 Å². The number of nitrogens with zero attached hydrogens (tertiary/aromatic N) is 6. The van der Waals surface area contributed by atoms with Crippen LogP contribution in [0.3, 0.4) is 0 Å². The molecule has 0 spiro atoms. The summed E-state index contributed by atoms with van der Waals surface area (Å²) in [6.07, 6.45) is 5.70. The Morgan fingerprint density at radius 2 is 2.22 bits per heavy atom. The van der Waals surface area contributed by atoms with Gasteiger partial charge in [-0.2, -0.15) is 4.52 Å². The quantitative estimate of drug-likeness (QED) is 0.572. The van der Waals surface area contributed by atoms with Crippen LogP contribution in [0.5, 0.6) is 5.75 Å². The molecule has 0 bridgehead atoms. The van der Waals surface area contributed by atoms with Crippen molar-refractivity contribution in [3.8, 4) is 5.75 Å². The Morgan fingerprint density at radius 3 is 3.04 bits per heavy atom. The van der Waals surface area contributed by atoms with E-state index in [9.17, 15) is 0 Å². The van der Waals surface area contributed by atoms with E-state index in [0.29, 0.717) is 22.9 Å². The second-order valence-electron chi connectivity index (χ2n) is 6.73. The fourth-order valence-electron chi connectivity index (χ4n) is 3.79. The number of ether oxygens (including phenoxy) is 1. The molecule has 4 heterocycles. The summed E-state index contributed by atoms with van der Waals surface area (Å²) in [6.45, 7) is 1.79. The van der Waals surface area contributed by atoms with Gasteiger partial charge in [-0.1, -0.05) is 6.07 Å². The van der Waals surface area contributed by atoms with Crippen molar-refractivity contribution in [3.05, 3.63) is 36.4 Å². The normalized spacial score (nSPS) is 17.7. The molecule has 1 aliphatic heterocycles. The van der Waals surface area contributed by atoms with Crippen LogP contribution >= 0.6 is 0 Å². The first kappa shape index (κ1) is 15.9. The van der Waals surface area contributed by atoms with E-state index in [1.165, 1.54) is 0 Å². The first-order valence-electron chi connectivity index (χ1n) is 8.98. The molecule has 9 nitrogen and oxygen atoms in total. The summed E-state index contributed by atoms with van der Waals surface area (Å²) in [4.78, 5) is 19.1. The molecule has 0 aliphatic carbocycles. The molecule has 1 atom stereocenters. The van der Waals surface area contributed by atoms with Crippen molar-refractivity contribution in [1.82, 2.24) is 29.5 Å². The van der Waals surface area contributed by atoms with Gasteiger partial charge >= 0.3 is 0 Å². The van der Waals surface area contributed by atoms with E-state index >= 15 is 0 Å². The van der Waals surface area contributed by atoms with Gasteiger partial charge < -0.3 is 20.4 Å². The summed E-state index contributed by atoms with van der Waals surface area (Å²) < 4.78 is 7.05. The number of rotatable bonds is 3. The molecule has 3 aromatic heterocycles. The maximum Gasteiger partial charge on any atom is 0.223 e. The van der Waals surface area contributed by atoms with Crippen LogP contribution in [0.15, 0.2) is 30.6 Å². The van der Waals surface area contributed by atoms with E-state index in [4.69, 9.17) is 15.5 Å². The minimum absolute atomic E-state index is 0.212. The highest BCUT2D eigenvalue weighted by molar-refractivity contribution is 5.95. The molecule has 3 N–H and O–H groups in total. The van der Waals surface area contributed by atoms with Crippen molar-refractivity contribution in [1.29, 1.82) is 0 Å². The second-order valence-corrected chi connectivity index (χ2v) is 6.73. The van der Waals surface area contributed by atoms with Gasteiger partial charge in [-0.3, -0.25) is 0 Å². The molecule has 1 saturated heterocycles. The number of H-pyrrole nitrogens is 1. The minimum atomic E-state index is 0.212. The third-order valence-corrected chi connectivity index (χ3v) is 5.10. The molecule has 27 heavy (non-hydrogen) atoms. The molecule has 5 rings (SSSR count). The highest BCUT2D eigenvalue weighted by atomic mass is 16.5. The molecule has 9 heteroatoms. The van der Waals surface area contributed by atoms with Crippen LogP contribution in [0.1, 0.15) is 24.6 Å². The summed E-state index contributed by atoms with van der Waals surface area (Å²) >= 11 is 0. The monoisotopic (exact) mass is 364 g/mol. The Kier molecular flexibility index (Phi) is 3.59. The van der Waals surface area contributed by atoms with Crippen LogP contribution < -0.4 is 15.4 Å². The largest absolute Gasteiger partial charge is 0.494 e. The SMILES string of the molecule is COc1cccc2c1nc(N)n1nc([C@@H]3CCCN(c4ncc[nH]4)C3)nc21. The smallest absolute Gasteiger partial charge is 0.223 e. The maximum absolute atomic E-state index is 6.16. The van der Waals surface area contributed by atoms with Gasteiger partial charge in [0, 0.05) is 36.8 Å². The Hall–Kier alpha value is -3.36. The minimum Gasteiger partial charge on any atom is -0.494 e. The van der Waals surface area contributed by atoms with E-state index in [1.807, 2.05) is 24.4 Å². The van der Waals surface area contributed by atoms with Gasteiger partial charge in [0.2, 0.25) is 11.9 Å². The zero-order valence-electron chi connectivity index (χ0n) is 15.0. The fraction of sp³-hybridized carbons (Fsp3) is 0.333. The van der Waals surface area contributed by atoms with Gasteiger partial charge in [-0.15, -0.1) is 5.10 Å². The zero-order chi connectivity index (χ0) is 18.4. The average Bonchev–Trinajstić information content (AvgIpc) is 3.38. The van der Waals surface area contributed by atoms with Crippen molar-refractivity contribution >= 4 is 28.4 Å². The summed E-state index contributed by atoms with van der Waals surface area (Å²) in [7, 11) is 1.62. The average molecular weight is 364 g/mol. The fourth-order valence-corrected chi connectivity index (χ4v) is 3.79. The predicted molar refractivity (Wildman–Crippen MR) is 102 cm³/mol. The number of methoxy groups -OCH3 is 1. The zero-order valence-corrected chi connectivity index (χ0v) is 15.0. The van der Waals surface area contributed by atoms with Crippen molar-refractivity contribution in [2.45, 2.75) is 18.8 Å². The molecule has 0 unspecified atom stereocenters. The Morgan fingerprint density at radius 1 is 1.30 bits per heavy atom. The standard InChI is InChI=1S/C18H20N8O/c1-27-13-6-2-5-12-14(13)22-17(19)26-16(12)23-15(24-26)11-4-3-9-25(10-11)18-20-7-8-21-18/h2,5-8,11H,3-4,9-10H2,1H3,(H2,19,22)(H,20,21)/t11-/m1/s1. The first-order valence-corrected chi connectivity index (χ1v) is 8.98. The van der Waals surface area contributed by atoms with Gasteiger partial charge in [-0.25, -0.2) is 15.0 Å². The topological polar surface area (TPSA) is 110 Å². The van der Waals surface area contributed by atoms with E-state index in [2.05, 4.69) is 25.0 Å². The first-order chi connectivity index (χ1) is 13.2. The molecular formula is C18H20N8O. The third kappa shape index (κ3) is 2.54. The lowest BCUT2D eigenvalue weighted by Gasteiger charge is -2.31. The predicted octanol–water partition coefficient (Wildman–Crippen LogP) is 1.98. The highest BCUT2D eigenvalue weighted by Crippen LogP contribution is 2.31. The molecule has 1 fully saturated rings. The van der Waals surface area contributed by atoms with Crippen molar-refractivity contribution in [2.75, 3.05) is 30.8 Å². The number of nitrogens with one attached hydrogen (secondary N) is 1. The lowest BCUT2D eigenvalue weighted by molar-refractivity contribution is 0.419. The van der Waals surface area contributed by atoms with Crippen LogP contribution in [-0.2, 0) is 0 Å². The molecule has 1 aromatic carbocycles. The number of anilines is 2. The number of aromatic nitrogens is 6. The summed E-state index contributed by atoms with van der Waals surface area (Å²) in [5.74, 6) is 2.87. The Bertz CT molecular complexity index is 1100. The van der Waals surface area contributed by atoms with Gasteiger partial charge in [-0.05, 0) is 25.0 Å². The van der Waals surface area contributed by atoms with Crippen LogP contribution in [0.25, 0.3) is 16.6 Å². The molecular weight excluding hydrogens is 344 g/mol. The number of aromatic amines is 1. The molecule has 0 amide bonds. The number of hydrogen-bond acceptors (Lipinski definition) is 7. The summed E-state index contributed by atoms with van der Waals surface area (Å²) in [5, 5.41) is 5.55. The van der Waals surface area contributed by atoms with Crippen molar-refractivity contribution in [2.24, 2.45) is 0 Å². The van der Waals surface area contributed by atoms with Crippen LogP contribution in [0.2, 0.25) is 0 Å². The van der Waals surface area contributed by atoms with Crippen molar-refractivity contribution < 1.29 is 4.74 Å². The molecule has 0 radical (unpaired) electrons. The summed E-state index contributed by atoms with van der Waals surface area (Å²) in [6, 6.07) is 5.76. The molecule has 138 valence electrons. The number of nitrogen functional groups attached to an aromatic ring is 1. The van der Waals surface area contributed by atoms with Gasteiger partial charge in [0.25, 0.3) is 0 Å². The highest BCUT2D eigenvalue weighted by Gasteiger charge is 2.27. The number of hydrogen-bond donors (Lipinski definition) is 2. The van der Waals surface area contributed by atoms with E-state index in [-0.39, 0.29) is 5.92 Å². The van der Waals surface area contributed by atoms with Gasteiger partial charge in [0.15, 0.2) is 11.5 Å². The van der Waals surface area contributed by atoms with Crippen LogP contribution in [-0.4, -0.2) is 49.7 Å². The summed E-state index contributed by atoms with van der Waals surface area (Å²) in [5.41, 5.74) is 7.57. The van der Waals surface area contributed by atoms with E-state index in [1.54, 1.807) is 17.8 Å². The van der Waals surface area contributed by atoms with Gasteiger partial charge in [0.05, 0.1) is 7.11 Å². The number of imidazole rings is 1. The van der Waals surface area contributed by atoms with Crippen LogP contribution in [0.4, 0.5) is 11.9 Å². The van der Waals surface area contributed by atoms with Gasteiger partial charge in [0.1, 0.15) is 11.3 Å². The second kappa shape index (κ2) is 6.11. The van der Waals surface area contributed by atoms with E-state index in [0.717, 1.165) is 43.1 Å². The lowest BCUT2D eigenvalue weighted by atomic mass is 9.98. The number of fused-ring (bicyclic) bond motifs is 3. The molecule has 1 aliphatic rings. The van der Waals surface area contributed by atoms with E-state index < -0.39 is 0 Å². The number of benzene rings is 1. The number of nitrogens with two attached hydrogens (primary N) is 1. The number of para-hydroxylation sites is 1. The Labute approximate surface area is 155 Å².